The second-order valence-corrected chi connectivity index (χ2v) is 9.26. The molecule has 0 bridgehead atoms. The van der Waals surface area contributed by atoms with Crippen LogP contribution in [-0.4, -0.2) is 42.9 Å². The molecule has 2 fully saturated rings. The van der Waals surface area contributed by atoms with Crippen molar-refractivity contribution < 1.29 is 18.3 Å². The minimum atomic E-state index is -3.49. The van der Waals surface area contributed by atoms with Crippen molar-refractivity contribution >= 4 is 16.0 Å². The number of carboxylic acid groups (broad SMARTS) is 1. The Morgan fingerprint density at radius 1 is 0.966 bits per heavy atom. The fraction of sp³-hybridized carbons (Fsp3) is 0.350. The summed E-state index contributed by atoms with van der Waals surface area (Å²) in [5.41, 5.74) is 10.7. The molecule has 2 aromatic carbocycles. The average molecular weight is 417 g/mol. The summed E-state index contributed by atoms with van der Waals surface area (Å²) in [6, 6.07) is 13.2. The molecular weight excluding hydrogens is 392 g/mol. The zero-order chi connectivity index (χ0) is 20.4. The Hall–Kier alpha value is -2.30. The number of carboxylic acids is 1. The highest BCUT2D eigenvalue weighted by molar-refractivity contribution is 7.89. The molecule has 4 rings (SSSR count). The van der Waals surface area contributed by atoms with Gasteiger partial charge in [0, 0.05) is 13.1 Å². The van der Waals surface area contributed by atoms with Crippen LogP contribution in [0.2, 0.25) is 0 Å². The van der Waals surface area contributed by atoms with E-state index in [-0.39, 0.29) is 0 Å². The van der Waals surface area contributed by atoms with E-state index < -0.39 is 28.1 Å². The second kappa shape index (κ2) is 8.21. The third kappa shape index (κ3) is 4.05. The van der Waals surface area contributed by atoms with E-state index in [1.165, 1.54) is 0 Å². The van der Waals surface area contributed by atoms with Crippen LogP contribution in [0.1, 0.15) is 30.9 Å². The molecule has 0 radical (unpaired) electrons. The number of rotatable bonds is 5. The molecule has 2 unspecified atom stereocenters. The fourth-order valence-corrected chi connectivity index (χ4v) is 5.38. The van der Waals surface area contributed by atoms with E-state index in [1.807, 2.05) is 30.3 Å². The van der Waals surface area contributed by atoms with Crippen LogP contribution in [-0.2, 0) is 14.8 Å². The van der Waals surface area contributed by atoms with Gasteiger partial charge in [-0.15, -0.1) is 0 Å². The topological polar surface area (TPSA) is 111 Å². The maximum absolute atomic E-state index is 12.9. The summed E-state index contributed by atoms with van der Waals surface area (Å²) in [5.74, 6) is -0.952. The van der Waals surface area contributed by atoms with Crippen LogP contribution in [0.15, 0.2) is 53.4 Å². The third-order valence-corrected chi connectivity index (χ3v) is 7.34. The normalized spacial score (nSPS) is 23.2. The molecule has 2 atom stereocenters. The van der Waals surface area contributed by atoms with E-state index in [1.54, 1.807) is 22.5 Å². The first-order chi connectivity index (χ1) is 14.0. The van der Waals surface area contributed by atoms with Crippen LogP contribution in [0, 0.1) is 0 Å². The van der Waals surface area contributed by atoms with Crippen LogP contribution in [0.25, 0.3) is 11.1 Å². The van der Waals surface area contributed by atoms with Gasteiger partial charge < -0.3 is 5.11 Å². The molecule has 4 N–H and O–H groups in total. The maximum atomic E-state index is 12.9. The molecule has 0 aromatic heterocycles. The Balaban J connectivity index is 1.58. The van der Waals surface area contributed by atoms with Crippen LogP contribution in [0.4, 0.5) is 0 Å². The molecule has 0 spiro atoms. The summed E-state index contributed by atoms with van der Waals surface area (Å²) in [5, 5.41) is 9.29. The lowest BCUT2D eigenvalue weighted by Crippen LogP contribution is -2.38. The van der Waals surface area contributed by atoms with Gasteiger partial charge in [0.2, 0.25) is 10.0 Å². The van der Waals surface area contributed by atoms with E-state index >= 15 is 0 Å². The molecule has 0 saturated carbocycles. The van der Waals surface area contributed by atoms with Crippen LogP contribution >= 0.6 is 0 Å². The van der Waals surface area contributed by atoms with Crippen molar-refractivity contribution in [2.24, 2.45) is 0 Å². The lowest BCUT2D eigenvalue weighted by atomic mass is 9.97. The highest BCUT2D eigenvalue weighted by Crippen LogP contribution is 2.28. The van der Waals surface area contributed by atoms with Crippen LogP contribution in [0.5, 0.6) is 0 Å². The molecule has 2 heterocycles. The number of sulfonamides is 1. The smallest absolute Gasteiger partial charge is 0.324 e. The monoisotopic (exact) mass is 416 g/mol. The molecule has 2 aromatic rings. The Bertz CT molecular complexity index is 988. The largest absolute Gasteiger partial charge is 0.480 e. The van der Waals surface area contributed by atoms with Crippen molar-refractivity contribution in [3.8, 4) is 11.1 Å². The predicted molar refractivity (Wildman–Crippen MR) is 108 cm³/mol. The van der Waals surface area contributed by atoms with Gasteiger partial charge in [-0.3, -0.25) is 4.79 Å². The number of aliphatic carboxylic acids is 1. The summed E-state index contributed by atoms with van der Waals surface area (Å²) < 4.78 is 27.5. The number of benzene rings is 2. The molecule has 9 heteroatoms. The van der Waals surface area contributed by atoms with Gasteiger partial charge in [0.25, 0.3) is 0 Å². The zero-order valence-corrected chi connectivity index (χ0v) is 16.7. The molecule has 2 aliphatic heterocycles. The maximum Gasteiger partial charge on any atom is 0.324 e. The van der Waals surface area contributed by atoms with Crippen molar-refractivity contribution in [2.75, 3.05) is 13.1 Å². The fourth-order valence-electron chi connectivity index (χ4n) is 3.82. The molecule has 154 valence electrons. The van der Waals surface area contributed by atoms with Crippen molar-refractivity contribution in [1.82, 2.24) is 20.7 Å². The van der Waals surface area contributed by atoms with E-state index in [0.717, 1.165) is 36.0 Å². The first-order valence-electron chi connectivity index (χ1n) is 9.66. The number of hydrogen-bond donors (Lipinski definition) is 4. The molecule has 8 nitrogen and oxygen atoms in total. The van der Waals surface area contributed by atoms with Crippen molar-refractivity contribution in [2.45, 2.75) is 36.2 Å². The summed E-state index contributed by atoms with van der Waals surface area (Å²) in [7, 11) is -3.49. The van der Waals surface area contributed by atoms with Gasteiger partial charge in [0.1, 0.15) is 6.04 Å². The quantitative estimate of drug-likeness (QED) is 0.586. The first-order valence-corrected chi connectivity index (χ1v) is 11.1. The minimum Gasteiger partial charge on any atom is -0.480 e. The van der Waals surface area contributed by atoms with Gasteiger partial charge in [-0.1, -0.05) is 42.8 Å². The number of hydrazine groups is 2. The van der Waals surface area contributed by atoms with Crippen LogP contribution < -0.4 is 16.4 Å². The van der Waals surface area contributed by atoms with Gasteiger partial charge in [-0.05, 0) is 41.7 Å². The lowest BCUT2D eigenvalue weighted by molar-refractivity contribution is -0.139. The highest BCUT2D eigenvalue weighted by atomic mass is 32.2. The Labute approximate surface area is 169 Å². The molecule has 0 amide bonds. The first kappa shape index (κ1) is 20.0. The summed E-state index contributed by atoms with van der Waals surface area (Å²) in [6.45, 7) is 1.14. The number of nitrogens with one attached hydrogen (secondary N) is 3. The third-order valence-electron chi connectivity index (χ3n) is 5.44. The highest BCUT2D eigenvalue weighted by Gasteiger charge is 2.33. The molecule has 29 heavy (non-hydrogen) atoms. The number of nitrogens with zero attached hydrogens (tertiary/aromatic N) is 1. The number of piperidine rings is 1. The van der Waals surface area contributed by atoms with Gasteiger partial charge in [0.05, 0.1) is 10.9 Å². The molecular formula is C20H24N4O4S. The van der Waals surface area contributed by atoms with Crippen molar-refractivity contribution in [3.63, 3.8) is 0 Å². The lowest BCUT2D eigenvalue weighted by Gasteiger charge is -2.26. The van der Waals surface area contributed by atoms with Crippen LogP contribution in [0.3, 0.4) is 0 Å². The Kier molecular flexibility index (Phi) is 5.66. The minimum absolute atomic E-state index is 0.303. The summed E-state index contributed by atoms with van der Waals surface area (Å²) >= 11 is 0. The number of carbonyl (C=O) groups is 1. The summed E-state index contributed by atoms with van der Waals surface area (Å²) in [4.78, 5) is 11.6. The SMILES string of the molecule is O=C(O)C1NNNC1c1ccc(-c2cccc(S(=O)(=O)N3CCCCC3)c2)cc1. The Morgan fingerprint density at radius 3 is 2.38 bits per heavy atom. The van der Waals surface area contributed by atoms with Gasteiger partial charge in [-0.2, -0.15) is 9.84 Å². The zero-order valence-electron chi connectivity index (χ0n) is 15.8. The van der Waals surface area contributed by atoms with Gasteiger partial charge in [-0.25, -0.2) is 19.3 Å². The van der Waals surface area contributed by atoms with E-state index in [9.17, 15) is 18.3 Å². The van der Waals surface area contributed by atoms with Crippen molar-refractivity contribution in [1.29, 1.82) is 0 Å². The molecule has 0 aliphatic carbocycles. The van der Waals surface area contributed by atoms with Crippen molar-refractivity contribution in [3.05, 3.63) is 54.1 Å². The van der Waals surface area contributed by atoms with Gasteiger partial charge >= 0.3 is 5.97 Å². The average Bonchev–Trinajstić information content (AvgIpc) is 3.25. The second-order valence-electron chi connectivity index (χ2n) is 7.32. The van der Waals surface area contributed by atoms with E-state index in [0.29, 0.717) is 18.0 Å². The predicted octanol–water partition coefficient (Wildman–Crippen LogP) is 1.63. The van der Waals surface area contributed by atoms with E-state index in [2.05, 4.69) is 16.4 Å². The summed E-state index contributed by atoms with van der Waals surface area (Å²) in [6.07, 6.45) is 2.87. The molecule has 2 saturated heterocycles. The Morgan fingerprint density at radius 2 is 1.69 bits per heavy atom. The standard InChI is InChI=1S/C20H24N4O4S/c25-20(26)19-18(21-23-22-19)15-9-7-14(8-10-15)16-5-4-6-17(13-16)29(27,28)24-11-2-1-3-12-24/h4-10,13,18-19,21-23H,1-3,11-12H2,(H,25,26). The van der Waals surface area contributed by atoms with Gasteiger partial charge in [0.15, 0.2) is 0 Å². The number of hydrogen-bond acceptors (Lipinski definition) is 6. The molecule has 2 aliphatic rings. The van der Waals surface area contributed by atoms with E-state index in [4.69, 9.17) is 0 Å².